The van der Waals surface area contributed by atoms with Crippen molar-refractivity contribution in [3.8, 4) is 0 Å². The fourth-order valence-corrected chi connectivity index (χ4v) is 11.6. The van der Waals surface area contributed by atoms with Crippen molar-refractivity contribution in [1.29, 1.82) is 0 Å². The number of allylic oxidation sites excluding steroid dienone is 1. The first-order chi connectivity index (χ1) is 26.2. The lowest BCUT2D eigenvalue weighted by Crippen LogP contribution is -2.65. The summed E-state index contributed by atoms with van der Waals surface area (Å²) in [5.74, 6) is -1.33. The Kier molecular flexibility index (Phi) is 11.3. The molecule has 0 amide bonds. The van der Waals surface area contributed by atoms with Crippen LogP contribution in [0.1, 0.15) is 86.0 Å². The van der Waals surface area contributed by atoms with Gasteiger partial charge in [-0.05, 0) is 84.0 Å². The number of aliphatic hydroxyl groups is 9. The first-order valence-electron chi connectivity index (χ1n) is 20.0. The van der Waals surface area contributed by atoms with E-state index >= 15 is 0 Å². The molecule has 9 unspecified atom stereocenters. The van der Waals surface area contributed by atoms with Gasteiger partial charge < -0.3 is 69.6 Å². The van der Waals surface area contributed by atoms with E-state index in [1.807, 2.05) is 26.8 Å². The van der Waals surface area contributed by atoms with Crippen LogP contribution >= 0.6 is 0 Å². The maximum absolute atomic E-state index is 14.3. The third kappa shape index (κ3) is 6.46. The SMILES string of the molecule is CC1=C(C)C(=O)OC(C(C)(O)C2CCC3(O)C4CC=C5CC(O[C@@H]6O[C@H](CO[C@@H]7O[C@H](CO)[C@@H](O)[C@H](O)[C@H]7O)[C@@H](O)[C@H](O)[C@H]6O)CC(=O)C5(C)C4CCC23C)C1. The summed E-state index contributed by atoms with van der Waals surface area (Å²) in [6.45, 7) is 8.10. The number of aliphatic hydroxyl groups excluding tert-OH is 7. The van der Waals surface area contributed by atoms with Gasteiger partial charge in [0.1, 0.15) is 66.3 Å². The molecule has 0 aromatic rings. The third-order valence-corrected chi connectivity index (χ3v) is 15.4. The second-order valence-electron chi connectivity index (χ2n) is 18.2. The summed E-state index contributed by atoms with van der Waals surface area (Å²) in [7, 11) is 0. The fourth-order valence-electron chi connectivity index (χ4n) is 11.6. The molecule has 2 saturated heterocycles. The van der Waals surface area contributed by atoms with Crippen molar-refractivity contribution in [2.45, 2.75) is 171 Å². The molecule has 0 radical (unpaired) electrons. The number of carbonyl (C=O) groups excluding carboxylic acids is 2. The van der Waals surface area contributed by atoms with Gasteiger partial charge in [0.2, 0.25) is 0 Å². The van der Waals surface area contributed by atoms with Crippen molar-refractivity contribution in [2.75, 3.05) is 13.2 Å². The highest BCUT2D eigenvalue weighted by atomic mass is 16.7. The molecule has 3 aliphatic heterocycles. The number of carbonyl (C=O) groups is 2. The van der Waals surface area contributed by atoms with Crippen LogP contribution < -0.4 is 0 Å². The van der Waals surface area contributed by atoms with Crippen molar-refractivity contribution in [3.63, 3.8) is 0 Å². The molecule has 56 heavy (non-hydrogen) atoms. The quantitative estimate of drug-likeness (QED) is 0.108. The van der Waals surface area contributed by atoms with E-state index < -0.39 is 115 Å². The predicted octanol–water partition coefficient (Wildman–Crippen LogP) is -0.728. The summed E-state index contributed by atoms with van der Waals surface area (Å²) in [4.78, 5) is 27.0. The highest BCUT2D eigenvalue weighted by Gasteiger charge is 2.70. The number of ether oxygens (including phenoxy) is 5. The highest BCUT2D eigenvalue weighted by molar-refractivity contribution is 5.90. The molecule has 316 valence electrons. The first kappa shape index (κ1) is 42.2. The molecule has 16 heteroatoms. The highest BCUT2D eigenvalue weighted by Crippen LogP contribution is 2.69. The molecule has 0 bridgehead atoms. The summed E-state index contributed by atoms with van der Waals surface area (Å²) in [5.41, 5.74) is -1.90. The number of esters is 1. The van der Waals surface area contributed by atoms with Crippen LogP contribution in [0.3, 0.4) is 0 Å². The minimum Gasteiger partial charge on any atom is -0.456 e. The van der Waals surface area contributed by atoms with Gasteiger partial charge in [0.25, 0.3) is 0 Å². The van der Waals surface area contributed by atoms with Crippen LogP contribution in [0.5, 0.6) is 0 Å². The Morgan fingerprint density at radius 2 is 1.48 bits per heavy atom. The van der Waals surface area contributed by atoms with Crippen LogP contribution in [0.15, 0.2) is 22.8 Å². The Bertz CT molecular complexity index is 1590. The Labute approximate surface area is 326 Å². The Morgan fingerprint density at radius 1 is 0.839 bits per heavy atom. The average molecular weight is 797 g/mol. The average Bonchev–Trinajstić information content (AvgIpc) is 3.45. The predicted molar refractivity (Wildman–Crippen MR) is 192 cm³/mol. The molecule has 7 aliphatic rings. The molecule has 19 atom stereocenters. The van der Waals surface area contributed by atoms with Crippen molar-refractivity contribution >= 4 is 11.8 Å². The van der Waals surface area contributed by atoms with Gasteiger partial charge in [-0.15, -0.1) is 0 Å². The van der Waals surface area contributed by atoms with E-state index in [0.29, 0.717) is 50.5 Å². The molecular formula is C40H60O16. The minimum absolute atomic E-state index is 0.0410. The number of fused-ring (bicyclic) bond motifs is 5. The standard InChI is InChI=1S/C40H60O16/c1-17-12-27(56-34(49)18(17)2)39(5,50)25-9-11-40(51)22-7-6-19-13-20(14-26(42)38(19,4)21(22)8-10-37(25,40)3)53-36-33(48)31(46)29(44)24(55-36)16-52-35-32(47)30(45)28(43)23(15-41)54-35/h6,20-25,27-33,35-36,41,43-48,50-51H,7-16H2,1-5H3/t20?,21?,22?,23-,24-,25?,27?,28-,29-,30+,31+,32-,33-,35-,36-,37?,38?,39?,40?/m1/s1. The summed E-state index contributed by atoms with van der Waals surface area (Å²) < 4.78 is 28.6. The van der Waals surface area contributed by atoms with Gasteiger partial charge >= 0.3 is 5.97 Å². The Morgan fingerprint density at radius 3 is 2.14 bits per heavy atom. The molecule has 0 aromatic carbocycles. The minimum atomic E-state index is -1.74. The van der Waals surface area contributed by atoms with E-state index in [1.165, 1.54) is 0 Å². The molecule has 5 fully saturated rings. The zero-order valence-corrected chi connectivity index (χ0v) is 32.7. The summed E-state index contributed by atoms with van der Waals surface area (Å²) in [6.07, 6.45) is -11.8. The lowest BCUT2D eigenvalue weighted by molar-refractivity contribution is -0.336. The molecule has 0 spiro atoms. The summed E-state index contributed by atoms with van der Waals surface area (Å²) >= 11 is 0. The van der Waals surface area contributed by atoms with Crippen LogP contribution in [-0.2, 0) is 33.3 Å². The van der Waals surface area contributed by atoms with Gasteiger partial charge in [0, 0.05) is 23.8 Å². The van der Waals surface area contributed by atoms with Gasteiger partial charge in [-0.1, -0.05) is 24.1 Å². The van der Waals surface area contributed by atoms with Crippen LogP contribution in [0.25, 0.3) is 0 Å². The van der Waals surface area contributed by atoms with Gasteiger partial charge in [-0.25, -0.2) is 4.79 Å². The zero-order chi connectivity index (χ0) is 40.9. The maximum Gasteiger partial charge on any atom is 0.334 e. The molecule has 9 N–H and O–H groups in total. The van der Waals surface area contributed by atoms with E-state index in [1.54, 1.807) is 13.8 Å². The molecule has 3 saturated carbocycles. The van der Waals surface area contributed by atoms with Crippen molar-refractivity contribution < 1.29 is 79.2 Å². The normalized spacial score (nSPS) is 50.7. The van der Waals surface area contributed by atoms with Crippen molar-refractivity contribution in [2.24, 2.45) is 28.6 Å². The van der Waals surface area contributed by atoms with Crippen LogP contribution in [0.2, 0.25) is 0 Å². The van der Waals surface area contributed by atoms with E-state index in [0.717, 1.165) is 11.1 Å². The van der Waals surface area contributed by atoms with Crippen LogP contribution in [-0.4, -0.2) is 156 Å². The number of ketones is 1. The van der Waals surface area contributed by atoms with E-state index in [4.69, 9.17) is 23.7 Å². The number of hydrogen-bond donors (Lipinski definition) is 9. The van der Waals surface area contributed by atoms with Crippen LogP contribution in [0.4, 0.5) is 0 Å². The monoisotopic (exact) mass is 796 g/mol. The van der Waals surface area contributed by atoms with Crippen LogP contribution in [0, 0.1) is 28.6 Å². The number of Topliss-reactive ketones (excluding diaryl/α,β-unsaturated/α-hetero) is 1. The first-order valence-corrected chi connectivity index (χ1v) is 20.0. The van der Waals surface area contributed by atoms with E-state index in [9.17, 15) is 55.5 Å². The smallest absolute Gasteiger partial charge is 0.334 e. The number of hydrogen-bond acceptors (Lipinski definition) is 16. The van der Waals surface area contributed by atoms with Gasteiger partial charge in [-0.2, -0.15) is 0 Å². The van der Waals surface area contributed by atoms with Gasteiger partial charge in [-0.3, -0.25) is 4.79 Å². The molecule has 4 aliphatic carbocycles. The lowest BCUT2D eigenvalue weighted by Gasteiger charge is -2.61. The largest absolute Gasteiger partial charge is 0.456 e. The molecular weight excluding hydrogens is 736 g/mol. The summed E-state index contributed by atoms with van der Waals surface area (Å²) in [6, 6.07) is 0. The second-order valence-corrected chi connectivity index (χ2v) is 18.2. The topological polar surface area (TPSA) is 262 Å². The fraction of sp³-hybridized carbons (Fsp3) is 0.850. The van der Waals surface area contributed by atoms with Gasteiger partial charge in [0.05, 0.1) is 30.3 Å². The zero-order valence-electron chi connectivity index (χ0n) is 32.7. The molecule has 16 nitrogen and oxygen atoms in total. The van der Waals surface area contributed by atoms with E-state index in [-0.39, 0.29) is 30.0 Å². The number of rotatable bonds is 8. The molecule has 0 aromatic heterocycles. The lowest BCUT2D eigenvalue weighted by atomic mass is 9.44. The Balaban J connectivity index is 1.04. The van der Waals surface area contributed by atoms with Crippen molar-refractivity contribution in [3.05, 3.63) is 22.8 Å². The second kappa shape index (κ2) is 15.0. The molecule has 3 heterocycles. The third-order valence-electron chi connectivity index (χ3n) is 15.4. The molecule has 7 rings (SSSR count). The van der Waals surface area contributed by atoms with Crippen molar-refractivity contribution in [1.82, 2.24) is 0 Å². The maximum atomic E-state index is 14.3. The van der Waals surface area contributed by atoms with E-state index in [2.05, 4.69) is 0 Å². The Hall–Kier alpha value is -1.90. The number of cyclic esters (lactones) is 1. The van der Waals surface area contributed by atoms with Gasteiger partial charge in [0.15, 0.2) is 12.6 Å². The summed E-state index contributed by atoms with van der Waals surface area (Å²) in [5, 5.41) is 97.1.